The van der Waals surface area contributed by atoms with Gasteiger partial charge in [0.2, 0.25) is 5.78 Å². The van der Waals surface area contributed by atoms with Crippen LogP contribution in [0, 0.1) is 13.8 Å². The zero-order valence-corrected chi connectivity index (χ0v) is 16.2. The van der Waals surface area contributed by atoms with Crippen LogP contribution in [0.2, 0.25) is 0 Å². The summed E-state index contributed by atoms with van der Waals surface area (Å²) >= 11 is 0. The van der Waals surface area contributed by atoms with E-state index in [2.05, 4.69) is 4.98 Å². The molecule has 1 aromatic carbocycles. The van der Waals surface area contributed by atoms with Crippen LogP contribution < -0.4 is 11.2 Å². The van der Waals surface area contributed by atoms with Crippen molar-refractivity contribution in [3.63, 3.8) is 0 Å². The maximum absolute atomic E-state index is 13.2. The van der Waals surface area contributed by atoms with Crippen molar-refractivity contribution < 1.29 is 5.11 Å². The number of hydrogen-bond acceptors (Lipinski definition) is 4. The molecule has 146 valence electrons. The highest BCUT2D eigenvalue weighted by atomic mass is 16.3. The van der Waals surface area contributed by atoms with E-state index in [1.165, 1.54) is 9.13 Å². The minimum atomic E-state index is -0.391. The predicted molar refractivity (Wildman–Crippen MR) is 107 cm³/mol. The Balaban J connectivity index is 1.95. The number of imidazole rings is 2. The maximum Gasteiger partial charge on any atom is 0.332 e. The first-order chi connectivity index (χ1) is 13.4. The van der Waals surface area contributed by atoms with Crippen molar-refractivity contribution in [1.29, 1.82) is 0 Å². The summed E-state index contributed by atoms with van der Waals surface area (Å²) in [7, 11) is 1.63. The molecule has 0 spiro atoms. The monoisotopic (exact) mass is 381 g/mol. The van der Waals surface area contributed by atoms with Crippen molar-refractivity contribution in [2.24, 2.45) is 7.05 Å². The molecule has 1 N–H and O–H groups in total. The summed E-state index contributed by atoms with van der Waals surface area (Å²) in [6.45, 7) is 4.80. The molecule has 28 heavy (non-hydrogen) atoms. The van der Waals surface area contributed by atoms with E-state index in [4.69, 9.17) is 5.11 Å². The van der Waals surface area contributed by atoms with Gasteiger partial charge in [-0.25, -0.2) is 4.79 Å². The molecule has 0 atom stereocenters. The van der Waals surface area contributed by atoms with Crippen LogP contribution in [-0.2, 0) is 20.1 Å². The van der Waals surface area contributed by atoms with Gasteiger partial charge in [0.1, 0.15) is 0 Å². The van der Waals surface area contributed by atoms with Crippen molar-refractivity contribution in [3.8, 4) is 0 Å². The second-order valence-corrected chi connectivity index (χ2v) is 7.17. The molecule has 3 aromatic heterocycles. The van der Waals surface area contributed by atoms with Gasteiger partial charge in [0, 0.05) is 32.1 Å². The van der Waals surface area contributed by atoms with Gasteiger partial charge in [-0.15, -0.1) is 0 Å². The minimum Gasteiger partial charge on any atom is -0.396 e. The molecule has 0 aliphatic carbocycles. The Bertz CT molecular complexity index is 1290. The van der Waals surface area contributed by atoms with Crippen LogP contribution in [0.4, 0.5) is 0 Å². The van der Waals surface area contributed by atoms with Crippen LogP contribution >= 0.6 is 0 Å². The Morgan fingerprint density at radius 1 is 1.07 bits per heavy atom. The quantitative estimate of drug-likeness (QED) is 0.563. The van der Waals surface area contributed by atoms with Gasteiger partial charge in [-0.2, -0.15) is 4.98 Å². The van der Waals surface area contributed by atoms with E-state index < -0.39 is 5.69 Å². The van der Waals surface area contributed by atoms with E-state index in [-0.39, 0.29) is 18.7 Å². The number of aromatic nitrogens is 5. The fraction of sp³-hybridized carbons (Fsp3) is 0.350. The van der Waals surface area contributed by atoms with Gasteiger partial charge in [-0.3, -0.25) is 18.3 Å². The summed E-state index contributed by atoms with van der Waals surface area (Å²) in [5.41, 5.74) is 2.95. The minimum absolute atomic E-state index is 0.0752. The number of rotatable bonds is 5. The van der Waals surface area contributed by atoms with Gasteiger partial charge in [0.25, 0.3) is 5.56 Å². The van der Waals surface area contributed by atoms with Gasteiger partial charge in [0.05, 0.1) is 6.54 Å². The van der Waals surface area contributed by atoms with Crippen molar-refractivity contribution >= 4 is 16.9 Å². The summed E-state index contributed by atoms with van der Waals surface area (Å²) in [5, 5.41) is 9.15. The number of fused-ring (bicyclic) bond motifs is 3. The molecule has 0 aliphatic heterocycles. The van der Waals surface area contributed by atoms with E-state index in [0.29, 0.717) is 29.9 Å². The molecule has 0 saturated carbocycles. The van der Waals surface area contributed by atoms with Gasteiger partial charge in [-0.1, -0.05) is 29.8 Å². The highest BCUT2D eigenvalue weighted by molar-refractivity contribution is 5.75. The van der Waals surface area contributed by atoms with Gasteiger partial charge in [0.15, 0.2) is 11.2 Å². The van der Waals surface area contributed by atoms with Crippen LogP contribution in [0.3, 0.4) is 0 Å². The normalized spacial score (nSPS) is 11.7. The summed E-state index contributed by atoms with van der Waals surface area (Å²) < 4.78 is 6.37. The molecule has 0 radical (unpaired) electrons. The number of hydrogen-bond donors (Lipinski definition) is 1. The smallest absolute Gasteiger partial charge is 0.332 e. The zero-order valence-electron chi connectivity index (χ0n) is 16.2. The molecule has 0 amide bonds. The molecule has 0 saturated heterocycles. The lowest BCUT2D eigenvalue weighted by molar-refractivity contribution is 0.280. The molecule has 8 nitrogen and oxygen atoms in total. The molecule has 0 unspecified atom stereocenters. The van der Waals surface area contributed by atoms with Crippen LogP contribution in [-0.4, -0.2) is 34.8 Å². The van der Waals surface area contributed by atoms with Crippen LogP contribution in [0.25, 0.3) is 16.9 Å². The second-order valence-electron chi connectivity index (χ2n) is 7.17. The Hall–Kier alpha value is -3.13. The third-order valence-electron chi connectivity index (χ3n) is 5.14. The topological polar surface area (TPSA) is 86.5 Å². The SMILES string of the molecule is Cc1ccc(Cn2c(=O)c3c(nc4n(CCCO)c(C)cn34)n(C)c2=O)cc1. The Morgan fingerprint density at radius 2 is 1.79 bits per heavy atom. The Kier molecular flexibility index (Phi) is 4.43. The van der Waals surface area contributed by atoms with E-state index in [9.17, 15) is 9.59 Å². The predicted octanol–water partition coefficient (Wildman–Crippen LogP) is 1.20. The Labute approximate surface area is 160 Å². The van der Waals surface area contributed by atoms with Crippen molar-refractivity contribution in [3.05, 3.63) is 68.1 Å². The van der Waals surface area contributed by atoms with E-state index in [1.54, 1.807) is 11.4 Å². The number of aliphatic hydroxyl groups excluding tert-OH is 1. The van der Waals surface area contributed by atoms with E-state index >= 15 is 0 Å². The van der Waals surface area contributed by atoms with Gasteiger partial charge < -0.3 is 9.67 Å². The van der Waals surface area contributed by atoms with E-state index in [0.717, 1.165) is 16.8 Å². The van der Waals surface area contributed by atoms with Crippen LogP contribution in [0.15, 0.2) is 40.1 Å². The lowest BCUT2D eigenvalue weighted by atomic mass is 10.1. The van der Waals surface area contributed by atoms with Gasteiger partial charge >= 0.3 is 5.69 Å². The molecular formula is C20H23N5O3. The summed E-state index contributed by atoms with van der Waals surface area (Å²) in [6, 6.07) is 7.77. The molecule has 0 aliphatic rings. The van der Waals surface area contributed by atoms with Crippen molar-refractivity contribution in [1.82, 2.24) is 23.1 Å². The average Bonchev–Trinajstić information content (AvgIpc) is 3.18. The van der Waals surface area contributed by atoms with Crippen LogP contribution in [0.1, 0.15) is 23.2 Å². The molecule has 4 aromatic rings. The maximum atomic E-state index is 13.2. The number of aryl methyl sites for hydroxylation is 4. The molecule has 8 heteroatoms. The number of nitrogens with zero attached hydrogens (tertiary/aromatic N) is 5. The molecular weight excluding hydrogens is 358 g/mol. The number of aliphatic hydroxyl groups is 1. The highest BCUT2D eigenvalue weighted by Gasteiger charge is 2.20. The average molecular weight is 381 g/mol. The number of benzene rings is 1. The standard InChI is InChI=1S/C20H23N5O3/c1-13-5-7-15(8-6-13)12-25-18(27)16-17(22(3)20(25)28)21-19-23(9-4-10-26)14(2)11-24(16)19/h5-8,11,26H,4,9-10,12H2,1-3H3. The third kappa shape index (κ3) is 2.77. The van der Waals surface area contributed by atoms with E-state index in [1.807, 2.05) is 48.9 Å². The van der Waals surface area contributed by atoms with Crippen molar-refractivity contribution in [2.75, 3.05) is 6.61 Å². The fourth-order valence-corrected chi connectivity index (χ4v) is 3.58. The molecule has 0 bridgehead atoms. The first-order valence-electron chi connectivity index (χ1n) is 9.26. The second kappa shape index (κ2) is 6.79. The first kappa shape index (κ1) is 18.2. The van der Waals surface area contributed by atoms with Crippen LogP contribution in [0.5, 0.6) is 0 Å². The highest BCUT2D eigenvalue weighted by Crippen LogP contribution is 2.16. The molecule has 3 heterocycles. The summed E-state index contributed by atoms with van der Waals surface area (Å²) in [4.78, 5) is 30.6. The summed E-state index contributed by atoms with van der Waals surface area (Å²) in [6.07, 6.45) is 2.44. The first-order valence-corrected chi connectivity index (χ1v) is 9.26. The lowest BCUT2D eigenvalue weighted by Crippen LogP contribution is -2.39. The van der Waals surface area contributed by atoms with Gasteiger partial charge in [-0.05, 0) is 25.8 Å². The van der Waals surface area contributed by atoms with Crippen molar-refractivity contribution in [2.45, 2.75) is 33.4 Å². The third-order valence-corrected chi connectivity index (χ3v) is 5.14. The summed E-state index contributed by atoms with van der Waals surface area (Å²) in [5.74, 6) is 0.598. The molecule has 4 rings (SSSR count). The largest absolute Gasteiger partial charge is 0.396 e. The molecule has 0 fully saturated rings. The fourth-order valence-electron chi connectivity index (χ4n) is 3.58. The zero-order chi connectivity index (χ0) is 20.0. The lowest BCUT2D eigenvalue weighted by Gasteiger charge is -2.08. The Morgan fingerprint density at radius 3 is 2.46 bits per heavy atom.